The fourth-order valence-electron chi connectivity index (χ4n) is 2.60. The monoisotopic (exact) mass is 384 g/mol. The zero-order valence-electron chi connectivity index (χ0n) is 13.3. The number of anilines is 2. The largest absolute Gasteiger partial charge is 0.477 e. The first-order valence-electron chi connectivity index (χ1n) is 7.25. The topological polar surface area (TPSA) is 178 Å². The van der Waals surface area contributed by atoms with Gasteiger partial charge in [-0.25, -0.2) is 4.79 Å². The van der Waals surface area contributed by atoms with Gasteiger partial charge < -0.3 is 22.3 Å². The van der Waals surface area contributed by atoms with E-state index >= 15 is 0 Å². The summed E-state index contributed by atoms with van der Waals surface area (Å²) in [5, 5.41) is 9.55. The van der Waals surface area contributed by atoms with Crippen LogP contribution in [0.1, 0.15) is 5.56 Å². The minimum atomic E-state index is -1.15. The summed E-state index contributed by atoms with van der Waals surface area (Å²) in [7, 11) is 0. The Labute approximate surface area is 151 Å². The predicted octanol–water partition coefficient (Wildman–Crippen LogP) is -1.77. The molecule has 1 aromatic rings. The van der Waals surface area contributed by atoms with Gasteiger partial charge in [0.15, 0.2) is 0 Å². The van der Waals surface area contributed by atoms with Gasteiger partial charge in [0.2, 0.25) is 17.5 Å². The predicted molar refractivity (Wildman–Crippen MR) is 94.6 cm³/mol. The molecule has 0 spiro atoms. The van der Waals surface area contributed by atoms with Gasteiger partial charge in [-0.1, -0.05) is 4.98 Å². The van der Waals surface area contributed by atoms with Crippen LogP contribution in [0.2, 0.25) is 0 Å². The molecular formula is C13H18N7O3S2+. The van der Waals surface area contributed by atoms with Crippen molar-refractivity contribution in [3.05, 3.63) is 16.8 Å². The first kappa shape index (κ1) is 17.6. The molecule has 0 radical (unpaired) electrons. The molecule has 0 saturated carbocycles. The summed E-state index contributed by atoms with van der Waals surface area (Å²) < 4.78 is 1.21. The number of thioether (sulfide) groups is 2. The van der Waals surface area contributed by atoms with Crippen LogP contribution in [0.3, 0.4) is 0 Å². The number of amides is 1. The highest BCUT2D eigenvalue weighted by molar-refractivity contribution is 8.01. The first-order valence-corrected chi connectivity index (χ1v) is 9.28. The number of carboxylic acid groups (broad SMARTS) is 1. The molecule has 2 atom stereocenters. The summed E-state index contributed by atoms with van der Waals surface area (Å²) in [5.41, 5.74) is 18.6. The molecule has 1 aromatic heterocycles. The van der Waals surface area contributed by atoms with Crippen LogP contribution in [0.25, 0.3) is 0 Å². The normalized spacial score (nSPS) is 22.6. The van der Waals surface area contributed by atoms with Crippen LogP contribution >= 0.6 is 23.5 Å². The van der Waals surface area contributed by atoms with Crippen LogP contribution in [0.5, 0.6) is 0 Å². The number of hydrogen-bond donors (Lipinski definition) is 5. The molecule has 12 heteroatoms. The minimum absolute atomic E-state index is 0.0143. The van der Waals surface area contributed by atoms with E-state index in [2.05, 4.69) is 4.98 Å². The Morgan fingerprint density at radius 1 is 1.52 bits per heavy atom. The fraction of sp³-hybridized carbons (Fsp3) is 0.385. The number of rotatable bonds is 4. The number of nitrogens with two attached hydrogens (primary N) is 4. The molecular weight excluding hydrogens is 366 g/mol. The van der Waals surface area contributed by atoms with Crippen LogP contribution < -0.4 is 27.7 Å². The number of carbonyl (C=O) groups excluding carboxylic acids is 1. The van der Waals surface area contributed by atoms with Gasteiger partial charge in [0, 0.05) is 11.5 Å². The molecule has 134 valence electrons. The van der Waals surface area contributed by atoms with Crippen molar-refractivity contribution in [1.29, 1.82) is 0 Å². The number of aliphatic carboxylic acids is 1. The van der Waals surface area contributed by atoms with Crippen molar-refractivity contribution in [2.45, 2.75) is 23.5 Å². The van der Waals surface area contributed by atoms with Crippen molar-refractivity contribution in [3.63, 3.8) is 0 Å². The SMILES string of the molecule is Cc1c(N)nc(SCC2=C(C(=O)O)N3C(=O)C(N)[C@H]3SC2)[n+](N)c1N. The van der Waals surface area contributed by atoms with E-state index in [9.17, 15) is 14.7 Å². The quantitative estimate of drug-likeness (QED) is 0.131. The van der Waals surface area contributed by atoms with Crippen LogP contribution in [-0.2, 0) is 9.59 Å². The lowest BCUT2D eigenvalue weighted by Crippen LogP contribution is -2.68. The Kier molecular flexibility index (Phi) is 4.43. The highest BCUT2D eigenvalue weighted by atomic mass is 32.2. The third kappa shape index (κ3) is 2.75. The Morgan fingerprint density at radius 3 is 2.84 bits per heavy atom. The minimum Gasteiger partial charge on any atom is -0.477 e. The Balaban J connectivity index is 1.87. The van der Waals surface area contributed by atoms with Crippen molar-refractivity contribution < 1.29 is 19.4 Å². The van der Waals surface area contributed by atoms with E-state index in [0.29, 0.717) is 22.0 Å². The fourth-order valence-corrected chi connectivity index (χ4v) is 4.96. The van der Waals surface area contributed by atoms with Gasteiger partial charge >= 0.3 is 11.1 Å². The van der Waals surface area contributed by atoms with E-state index in [1.165, 1.54) is 33.1 Å². The van der Waals surface area contributed by atoms with Gasteiger partial charge in [0.25, 0.3) is 0 Å². The van der Waals surface area contributed by atoms with Crippen molar-refractivity contribution in [2.75, 3.05) is 28.8 Å². The molecule has 3 heterocycles. The maximum absolute atomic E-state index is 11.9. The number of nitrogens with zero attached hydrogens (tertiary/aromatic N) is 3. The van der Waals surface area contributed by atoms with Gasteiger partial charge in [-0.3, -0.25) is 15.5 Å². The molecule has 1 saturated heterocycles. The van der Waals surface area contributed by atoms with Gasteiger partial charge in [0.1, 0.15) is 17.1 Å². The van der Waals surface area contributed by atoms with Crippen molar-refractivity contribution >= 4 is 47.0 Å². The smallest absolute Gasteiger partial charge is 0.352 e. The number of carbonyl (C=O) groups is 2. The third-order valence-corrected chi connectivity index (χ3v) is 6.52. The molecule has 0 aromatic carbocycles. The van der Waals surface area contributed by atoms with E-state index in [1.54, 1.807) is 6.92 Å². The van der Waals surface area contributed by atoms with Gasteiger partial charge in [-0.05, 0) is 24.3 Å². The molecule has 0 bridgehead atoms. The van der Waals surface area contributed by atoms with Crippen LogP contribution in [-0.4, -0.2) is 49.8 Å². The van der Waals surface area contributed by atoms with Gasteiger partial charge in [-0.2, -0.15) is 0 Å². The summed E-state index contributed by atoms with van der Waals surface area (Å²) >= 11 is 2.64. The molecule has 0 aliphatic carbocycles. The second-order valence-electron chi connectivity index (χ2n) is 5.64. The standard InChI is InChI=1S/C13H17N7O3S2/c1-4-8(15)18-13(20(17)9(4)16)25-3-5-2-24-11-6(14)10(21)19(11)7(5)12(22)23/h6,11H,2-3,14,17H2,1H3,(H4,15,16,22,23)/p+1/t6?,11-/m1/s1. The second-order valence-corrected chi connectivity index (χ2v) is 7.69. The number of carboxylic acids is 1. The maximum Gasteiger partial charge on any atom is 0.352 e. The van der Waals surface area contributed by atoms with Crippen LogP contribution in [0.15, 0.2) is 16.4 Å². The molecule has 1 unspecified atom stereocenters. The Bertz CT molecular complexity index is 813. The Morgan fingerprint density at radius 2 is 2.20 bits per heavy atom. The number of β-lactam (4-membered cyclic amide) rings is 1. The van der Waals surface area contributed by atoms with Crippen LogP contribution in [0.4, 0.5) is 11.6 Å². The van der Waals surface area contributed by atoms with E-state index < -0.39 is 12.0 Å². The molecule has 10 nitrogen and oxygen atoms in total. The zero-order chi connectivity index (χ0) is 18.5. The van der Waals surface area contributed by atoms with Gasteiger partial charge in [0.05, 0.1) is 5.56 Å². The van der Waals surface area contributed by atoms with E-state index in [4.69, 9.17) is 23.0 Å². The lowest BCUT2D eigenvalue weighted by atomic mass is 10.0. The molecule has 9 N–H and O–H groups in total. The summed E-state index contributed by atoms with van der Waals surface area (Å²) in [6, 6.07) is -0.655. The number of hydrogen-bond acceptors (Lipinski definition) is 9. The number of nitrogen functional groups attached to an aromatic ring is 3. The lowest BCUT2D eigenvalue weighted by molar-refractivity contribution is -0.667. The molecule has 1 fully saturated rings. The van der Waals surface area contributed by atoms with Gasteiger partial charge in [-0.15, -0.1) is 16.4 Å². The average molecular weight is 384 g/mol. The van der Waals surface area contributed by atoms with Crippen molar-refractivity contribution in [3.8, 4) is 0 Å². The first-order chi connectivity index (χ1) is 11.7. The van der Waals surface area contributed by atoms with Crippen molar-refractivity contribution in [2.24, 2.45) is 5.73 Å². The number of aromatic nitrogens is 2. The molecule has 2 aliphatic heterocycles. The summed E-state index contributed by atoms with van der Waals surface area (Å²) in [4.78, 5) is 29.0. The average Bonchev–Trinajstić information content (AvgIpc) is 2.60. The zero-order valence-corrected chi connectivity index (χ0v) is 14.9. The Hall–Kier alpha value is -2.18. The second kappa shape index (κ2) is 6.28. The van der Waals surface area contributed by atoms with E-state index in [-0.39, 0.29) is 34.4 Å². The van der Waals surface area contributed by atoms with Crippen molar-refractivity contribution in [1.82, 2.24) is 9.88 Å². The maximum atomic E-state index is 11.9. The summed E-state index contributed by atoms with van der Waals surface area (Å²) in [5.74, 6) is 5.64. The molecule has 25 heavy (non-hydrogen) atoms. The molecule has 2 aliphatic rings. The summed E-state index contributed by atoms with van der Waals surface area (Å²) in [6.45, 7) is 1.71. The number of fused-ring (bicyclic) bond motifs is 1. The summed E-state index contributed by atoms with van der Waals surface area (Å²) in [6.07, 6.45) is 0. The highest BCUT2D eigenvalue weighted by Crippen LogP contribution is 2.40. The van der Waals surface area contributed by atoms with E-state index in [1.807, 2.05) is 0 Å². The van der Waals surface area contributed by atoms with Crippen LogP contribution in [0, 0.1) is 6.92 Å². The highest BCUT2D eigenvalue weighted by Gasteiger charge is 2.51. The lowest BCUT2D eigenvalue weighted by Gasteiger charge is -2.48. The third-order valence-electron chi connectivity index (χ3n) is 4.12. The van der Waals surface area contributed by atoms with E-state index in [0.717, 1.165) is 0 Å². The molecule has 1 amide bonds. The molecule has 3 rings (SSSR count).